The van der Waals surface area contributed by atoms with Crippen LogP contribution in [0.4, 0.5) is 0 Å². The molecule has 2 rings (SSSR count). The Morgan fingerprint density at radius 1 is 1.27 bits per heavy atom. The normalized spacial score (nSPS) is 10.5. The minimum absolute atomic E-state index is 0.0534. The lowest BCUT2D eigenvalue weighted by molar-refractivity contribution is -0.129. The highest BCUT2D eigenvalue weighted by molar-refractivity contribution is 7.12. The molecule has 0 saturated heterocycles. The molecule has 0 atom stereocenters. The van der Waals surface area contributed by atoms with Crippen LogP contribution < -0.4 is 0 Å². The average Bonchev–Trinajstić information content (AvgIpc) is 2.91. The van der Waals surface area contributed by atoms with Crippen LogP contribution in [0.15, 0.2) is 29.6 Å². The fourth-order valence-electron chi connectivity index (χ4n) is 2.06. The Balaban J connectivity index is 1.99. The average molecular weight is 338 g/mol. The number of amides is 1. The van der Waals surface area contributed by atoms with Gasteiger partial charge in [-0.3, -0.25) is 4.79 Å². The SMILES string of the molecule is Cc1cc(CN(C)C(=O)Cc2csc(C(=O)O)c2)ccc1Cl. The van der Waals surface area contributed by atoms with Crippen molar-refractivity contribution in [2.45, 2.75) is 19.9 Å². The molecule has 6 heteroatoms. The van der Waals surface area contributed by atoms with Crippen LogP contribution in [-0.2, 0) is 17.8 Å². The predicted molar refractivity (Wildman–Crippen MR) is 87.6 cm³/mol. The minimum Gasteiger partial charge on any atom is -0.477 e. The largest absolute Gasteiger partial charge is 0.477 e. The minimum atomic E-state index is -0.964. The zero-order valence-electron chi connectivity index (χ0n) is 12.3. The van der Waals surface area contributed by atoms with Crippen molar-refractivity contribution in [3.8, 4) is 0 Å². The van der Waals surface area contributed by atoms with Gasteiger partial charge in [0.1, 0.15) is 4.88 Å². The van der Waals surface area contributed by atoms with Gasteiger partial charge in [-0.15, -0.1) is 11.3 Å². The number of halogens is 1. The van der Waals surface area contributed by atoms with Crippen molar-refractivity contribution >= 4 is 34.8 Å². The van der Waals surface area contributed by atoms with E-state index in [0.29, 0.717) is 11.6 Å². The molecule has 22 heavy (non-hydrogen) atoms. The first-order valence-corrected chi connectivity index (χ1v) is 7.92. The molecule has 1 heterocycles. The number of benzene rings is 1. The summed E-state index contributed by atoms with van der Waals surface area (Å²) in [5, 5.41) is 11.3. The van der Waals surface area contributed by atoms with E-state index >= 15 is 0 Å². The number of aromatic carboxylic acids is 1. The Morgan fingerprint density at radius 3 is 2.59 bits per heavy atom. The summed E-state index contributed by atoms with van der Waals surface area (Å²) < 4.78 is 0. The van der Waals surface area contributed by atoms with Gasteiger partial charge in [-0.05, 0) is 41.1 Å². The van der Waals surface area contributed by atoms with Crippen molar-refractivity contribution in [1.82, 2.24) is 4.90 Å². The van der Waals surface area contributed by atoms with Crippen molar-refractivity contribution in [1.29, 1.82) is 0 Å². The Kier molecular flexibility index (Phi) is 5.21. The number of hydrogen-bond acceptors (Lipinski definition) is 3. The Morgan fingerprint density at radius 2 is 2.00 bits per heavy atom. The number of nitrogens with zero attached hydrogens (tertiary/aromatic N) is 1. The van der Waals surface area contributed by atoms with Gasteiger partial charge in [0.2, 0.25) is 5.91 Å². The van der Waals surface area contributed by atoms with Crippen LogP contribution >= 0.6 is 22.9 Å². The van der Waals surface area contributed by atoms with Gasteiger partial charge in [0.25, 0.3) is 0 Å². The molecule has 116 valence electrons. The molecule has 1 amide bonds. The van der Waals surface area contributed by atoms with E-state index in [0.717, 1.165) is 28.0 Å². The lowest BCUT2D eigenvalue weighted by Gasteiger charge is -2.17. The van der Waals surface area contributed by atoms with E-state index in [1.54, 1.807) is 23.4 Å². The van der Waals surface area contributed by atoms with Crippen molar-refractivity contribution in [2.75, 3.05) is 7.05 Å². The quantitative estimate of drug-likeness (QED) is 0.906. The van der Waals surface area contributed by atoms with E-state index < -0.39 is 5.97 Å². The van der Waals surface area contributed by atoms with Crippen LogP contribution in [0, 0.1) is 6.92 Å². The van der Waals surface area contributed by atoms with Crippen molar-refractivity contribution < 1.29 is 14.7 Å². The van der Waals surface area contributed by atoms with Gasteiger partial charge in [-0.1, -0.05) is 23.7 Å². The maximum absolute atomic E-state index is 12.2. The number of carboxylic acid groups (broad SMARTS) is 1. The van der Waals surface area contributed by atoms with Crippen molar-refractivity contribution in [3.63, 3.8) is 0 Å². The first-order chi connectivity index (χ1) is 10.4. The molecule has 0 aliphatic carbocycles. The molecular formula is C16H16ClNO3S. The molecule has 1 aromatic heterocycles. The molecule has 0 radical (unpaired) electrons. The predicted octanol–water partition coefficient (Wildman–Crippen LogP) is 3.61. The van der Waals surface area contributed by atoms with Gasteiger partial charge >= 0.3 is 5.97 Å². The summed E-state index contributed by atoms with van der Waals surface area (Å²) in [6.45, 7) is 2.42. The molecule has 4 nitrogen and oxygen atoms in total. The smallest absolute Gasteiger partial charge is 0.345 e. The van der Waals surface area contributed by atoms with Crippen LogP contribution in [0.2, 0.25) is 5.02 Å². The molecule has 1 N–H and O–H groups in total. The van der Waals surface area contributed by atoms with E-state index in [4.69, 9.17) is 16.7 Å². The fourth-order valence-corrected chi connectivity index (χ4v) is 2.92. The van der Waals surface area contributed by atoms with Gasteiger partial charge < -0.3 is 10.0 Å². The maximum Gasteiger partial charge on any atom is 0.345 e. The summed E-state index contributed by atoms with van der Waals surface area (Å²) in [6, 6.07) is 7.22. The van der Waals surface area contributed by atoms with Crippen molar-refractivity contribution in [3.05, 3.63) is 56.2 Å². The van der Waals surface area contributed by atoms with Gasteiger partial charge in [0, 0.05) is 18.6 Å². The topological polar surface area (TPSA) is 57.6 Å². The number of carbonyl (C=O) groups is 2. The molecule has 0 unspecified atom stereocenters. The Bertz CT molecular complexity index is 711. The van der Waals surface area contributed by atoms with E-state index in [9.17, 15) is 9.59 Å². The molecule has 0 saturated carbocycles. The number of aryl methyl sites for hydroxylation is 1. The second kappa shape index (κ2) is 6.94. The Hall–Kier alpha value is -1.85. The van der Waals surface area contributed by atoms with Crippen LogP contribution in [0.25, 0.3) is 0 Å². The molecule has 0 bridgehead atoms. The van der Waals surface area contributed by atoms with Crippen LogP contribution in [0.5, 0.6) is 0 Å². The lowest BCUT2D eigenvalue weighted by atomic mass is 10.1. The van der Waals surface area contributed by atoms with Gasteiger partial charge in [0.15, 0.2) is 0 Å². The van der Waals surface area contributed by atoms with Crippen LogP contribution in [0.3, 0.4) is 0 Å². The molecule has 1 aromatic carbocycles. The zero-order valence-corrected chi connectivity index (χ0v) is 13.9. The van der Waals surface area contributed by atoms with Crippen molar-refractivity contribution in [2.24, 2.45) is 0 Å². The number of likely N-dealkylation sites (N-methyl/N-ethyl adjacent to an activating group) is 1. The number of hydrogen-bond donors (Lipinski definition) is 1. The van der Waals surface area contributed by atoms with Gasteiger partial charge in [0.05, 0.1) is 6.42 Å². The highest BCUT2D eigenvalue weighted by Crippen LogP contribution is 2.18. The first kappa shape index (κ1) is 16.5. The third-order valence-electron chi connectivity index (χ3n) is 3.29. The third kappa shape index (κ3) is 4.08. The standard InChI is InChI=1S/C16H16ClNO3S/c1-10-5-11(3-4-13(10)17)8-18(2)15(19)7-12-6-14(16(20)21)22-9-12/h3-6,9H,7-8H2,1-2H3,(H,20,21). The number of carboxylic acids is 1. The van der Waals surface area contributed by atoms with E-state index in [2.05, 4.69) is 0 Å². The molecule has 0 aliphatic heterocycles. The van der Waals surface area contributed by atoms with E-state index in [1.165, 1.54) is 0 Å². The van der Waals surface area contributed by atoms with Crippen LogP contribution in [-0.4, -0.2) is 28.9 Å². The summed E-state index contributed by atoms with van der Waals surface area (Å²) in [5.41, 5.74) is 2.71. The molecule has 0 fully saturated rings. The maximum atomic E-state index is 12.2. The first-order valence-electron chi connectivity index (χ1n) is 6.66. The molecule has 0 spiro atoms. The third-order valence-corrected chi connectivity index (χ3v) is 4.68. The summed E-state index contributed by atoms with van der Waals surface area (Å²) in [7, 11) is 1.73. The summed E-state index contributed by atoms with van der Waals surface area (Å²) in [6.07, 6.45) is 0.201. The number of rotatable bonds is 5. The fraction of sp³-hybridized carbons (Fsp3) is 0.250. The van der Waals surface area contributed by atoms with Crippen LogP contribution in [0.1, 0.15) is 26.4 Å². The zero-order chi connectivity index (χ0) is 16.3. The Labute approximate surface area is 137 Å². The lowest BCUT2D eigenvalue weighted by Crippen LogP contribution is -2.27. The highest BCUT2D eigenvalue weighted by atomic mass is 35.5. The second-order valence-electron chi connectivity index (χ2n) is 5.13. The summed E-state index contributed by atoms with van der Waals surface area (Å²) >= 11 is 7.12. The second-order valence-corrected chi connectivity index (χ2v) is 6.45. The summed E-state index contributed by atoms with van der Waals surface area (Å²) in [5.74, 6) is -1.02. The molecule has 2 aromatic rings. The van der Waals surface area contributed by atoms with E-state index in [1.807, 2.05) is 25.1 Å². The number of thiophene rings is 1. The number of carbonyl (C=O) groups excluding carboxylic acids is 1. The van der Waals surface area contributed by atoms with Gasteiger partial charge in [-0.2, -0.15) is 0 Å². The monoisotopic (exact) mass is 337 g/mol. The molecular weight excluding hydrogens is 322 g/mol. The summed E-state index contributed by atoms with van der Waals surface area (Å²) in [4.78, 5) is 24.9. The highest BCUT2D eigenvalue weighted by Gasteiger charge is 2.13. The van der Waals surface area contributed by atoms with E-state index in [-0.39, 0.29) is 17.2 Å². The van der Waals surface area contributed by atoms with Gasteiger partial charge in [-0.25, -0.2) is 4.79 Å². The molecule has 0 aliphatic rings.